The number of carbonyl (C=O) groups excluding carboxylic acids is 3. The first-order chi connectivity index (χ1) is 14.5. The fourth-order valence-electron chi connectivity index (χ4n) is 3.77. The normalized spacial score (nSPS) is 17.5. The van der Waals surface area contributed by atoms with Gasteiger partial charge < -0.3 is 10.2 Å². The molecule has 1 N–H and O–H groups in total. The maximum Gasteiger partial charge on any atom is 0.229 e. The Morgan fingerprint density at radius 1 is 1.00 bits per heavy atom. The van der Waals surface area contributed by atoms with Crippen molar-refractivity contribution in [1.29, 1.82) is 0 Å². The van der Waals surface area contributed by atoms with Gasteiger partial charge in [0.15, 0.2) is 11.0 Å². The van der Waals surface area contributed by atoms with Crippen LogP contribution >= 0.6 is 11.6 Å². The molecule has 2 fully saturated rings. The molecule has 0 aliphatic carbocycles. The molecule has 2 aromatic rings. The number of anilines is 2. The molecule has 9 heteroatoms. The second-order valence-electron chi connectivity index (χ2n) is 7.54. The maximum absolute atomic E-state index is 12.6. The Labute approximate surface area is 179 Å². The van der Waals surface area contributed by atoms with Gasteiger partial charge in [-0.25, -0.2) is 0 Å². The first-order valence-corrected chi connectivity index (χ1v) is 10.3. The Bertz CT molecular complexity index is 924. The number of piperidine rings is 1. The highest BCUT2D eigenvalue weighted by Crippen LogP contribution is 2.24. The van der Waals surface area contributed by atoms with Gasteiger partial charge in [0.1, 0.15) is 0 Å². The molecule has 0 spiro atoms. The van der Waals surface area contributed by atoms with E-state index in [4.69, 9.17) is 11.6 Å². The van der Waals surface area contributed by atoms with Gasteiger partial charge in [-0.2, -0.15) is 0 Å². The minimum atomic E-state index is -0.131. The van der Waals surface area contributed by atoms with E-state index in [-0.39, 0.29) is 43.0 Å². The fourth-order valence-corrected chi connectivity index (χ4v) is 3.87. The molecule has 30 heavy (non-hydrogen) atoms. The Morgan fingerprint density at radius 3 is 2.27 bits per heavy atom. The molecule has 8 nitrogen and oxygen atoms in total. The van der Waals surface area contributed by atoms with Crippen molar-refractivity contribution in [2.75, 3.05) is 23.3 Å². The molecule has 2 aliphatic rings. The number of halogens is 1. The number of hydrogen-bond donors (Lipinski definition) is 1. The minimum absolute atomic E-state index is 0.00510. The third-order valence-electron chi connectivity index (χ3n) is 5.52. The van der Waals surface area contributed by atoms with Crippen molar-refractivity contribution in [2.45, 2.75) is 32.2 Å². The zero-order valence-electron chi connectivity index (χ0n) is 16.4. The summed E-state index contributed by atoms with van der Waals surface area (Å²) in [5.74, 6) is 0.431. The summed E-state index contributed by atoms with van der Waals surface area (Å²) in [7, 11) is 0. The van der Waals surface area contributed by atoms with Crippen LogP contribution in [0, 0.1) is 5.92 Å². The zero-order valence-corrected chi connectivity index (χ0v) is 17.1. The van der Waals surface area contributed by atoms with E-state index < -0.39 is 0 Å². The third-order valence-corrected chi connectivity index (χ3v) is 5.73. The van der Waals surface area contributed by atoms with E-state index in [1.807, 2.05) is 18.2 Å². The number of carbonyl (C=O) groups is 3. The smallest absolute Gasteiger partial charge is 0.229 e. The van der Waals surface area contributed by atoms with Crippen molar-refractivity contribution >= 4 is 40.8 Å². The summed E-state index contributed by atoms with van der Waals surface area (Å²) >= 11 is 5.78. The van der Waals surface area contributed by atoms with E-state index in [0.717, 1.165) is 37.3 Å². The highest BCUT2D eigenvalue weighted by atomic mass is 35.5. The molecule has 156 valence electrons. The fraction of sp³-hybridized carbons (Fsp3) is 0.381. The molecule has 0 bridgehead atoms. The lowest BCUT2D eigenvalue weighted by atomic mass is 9.95. The van der Waals surface area contributed by atoms with Gasteiger partial charge in [0, 0.05) is 37.5 Å². The van der Waals surface area contributed by atoms with Gasteiger partial charge >= 0.3 is 0 Å². The lowest BCUT2D eigenvalue weighted by molar-refractivity contribution is -0.139. The van der Waals surface area contributed by atoms with E-state index in [1.165, 1.54) is 4.90 Å². The molecule has 1 aromatic heterocycles. The zero-order chi connectivity index (χ0) is 21.1. The molecular formula is C21H22ClN5O3. The predicted octanol–water partition coefficient (Wildman–Crippen LogP) is 2.63. The average Bonchev–Trinajstić information content (AvgIpc) is 3.08. The molecule has 4 rings (SSSR count). The van der Waals surface area contributed by atoms with E-state index in [9.17, 15) is 14.4 Å². The number of benzene rings is 1. The van der Waals surface area contributed by atoms with Gasteiger partial charge in [-0.3, -0.25) is 19.3 Å². The Hall–Kier alpha value is -3.00. The summed E-state index contributed by atoms with van der Waals surface area (Å²) in [4.78, 5) is 39.5. The van der Waals surface area contributed by atoms with Gasteiger partial charge in [0.2, 0.25) is 17.7 Å². The summed E-state index contributed by atoms with van der Waals surface area (Å²) in [6.07, 6.45) is 2.04. The van der Waals surface area contributed by atoms with Crippen LogP contribution in [-0.2, 0) is 20.9 Å². The van der Waals surface area contributed by atoms with Gasteiger partial charge in [-0.1, -0.05) is 23.7 Å². The van der Waals surface area contributed by atoms with E-state index in [2.05, 4.69) is 20.4 Å². The van der Waals surface area contributed by atoms with Crippen molar-refractivity contribution in [3.05, 3.63) is 47.1 Å². The number of aromatic nitrogens is 2. The van der Waals surface area contributed by atoms with Crippen molar-refractivity contribution in [2.24, 2.45) is 5.92 Å². The number of hydrogen-bond acceptors (Lipinski definition) is 6. The third kappa shape index (κ3) is 4.59. The van der Waals surface area contributed by atoms with Crippen LogP contribution in [0.3, 0.4) is 0 Å². The van der Waals surface area contributed by atoms with Crippen LogP contribution in [0.1, 0.15) is 31.2 Å². The van der Waals surface area contributed by atoms with Crippen LogP contribution in [0.5, 0.6) is 0 Å². The number of amides is 3. The minimum Gasteiger partial charge on any atom is -0.355 e. The van der Waals surface area contributed by atoms with Crippen molar-refractivity contribution in [1.82, 2.24) is 15.1 Å². The Balaban J connectivity index is 1.28. The van der Waals surface area contributed by atoms with E-state index >= 15 is 0 Å². The monoisotopic (exact) mass is 427 g/mol. The van der Waals surface area contributed by atoms with Crippen LogP contribution in [0.25, 0.3) is 0 Å². The van der Waals surface area contributed by atoms with Crippen molar-refractivity contribution < 1.29 is 14.4 Å². The number of imide groups is 1. The first kappa shape index (κ1) is 20.3. The summed E-state index contributed by atoms with van der Waals surface area (Å²) in [6, 6.07) is 10.8. The average molecular weight is 428 g/mol. The summed E-state index contributed by atoms with van der Waals surface area (Å²) in [5, 5.41) is 11.3. The standard InChI is InChI=1S/C21H22ClN5O3/c22-17-5-6-18(25-24-17)26-11-9-15(10-12-26)21(30)23-16-3-1-14(2-4-16)13-27-19(28)7-8-20(27)29/h1-6,15H,7-13H2,(H,23,30). The van der Waals surface area contributed by atoms with Crippen LogP contribution in [0.4, 0.5) is 11.5 Å². The second-order valence-corrected chi connectivity index (χ2v) is 7.92. The topological polar surface area (TPSA) is 95.5 Å². The van der Waals surface area contributed by atoms with Crippen LogP contribution < -0.4 is 10.2 Å². The Morgan fingerprint density at radius 2 is 1.67 bits per heavy atom. The molecule has 3 heterocycles. The molecule has 0 atom stereocenters. The molecule has 1 aromatic carbocycles. The lowest BCUT2D eigenvalue weighted by Gasteiger charge is -2.31. The summed E-state index contributed by atoms with van der Waals surface area (Å²) < 4.78 is 0. The SMILES string of the molecule is O=C(Nc1ccc(CN2C(=O)CCC2=O)cc1)C1CCN(c2ccc(Cl)nn2)CC1. The summed E-state index contributed by atoms with van der Waals surface area (Å²) in [6.45, 7) is 1.73. The largest absolute Gasteiger partial charge is 0.355 e. The highest BCUT2D eigenvalue weighted by Gasteiger charge is 2.29. The predicted molar refractivity (Wildman–Crippen MR) is 112 cm³/mol. The molecule has 2 saturated heterocycles. The van der Waals surface area contributed by atoms with Crippen molar-refractivity contribution in [3.8, 4) is 0 Å². The number of likely N-dealkylation sites (tertiary alicyclic amines) is 1. The molecule has 0 unspecified atom stereocenters. The van der Waals surface area contributed by atoms with Gasteiger partial charge in [0.05, 0.1) is 6.54 Å². The van der Waals surface area contributed by atoms with Crippen LogP contribution in [0.15, 0.2) is 36.4 Å². The second kappa shape index (κ2) is 8.79. The van der Waals surface area contributed by atoms with Crippen LogP contribution in [0.2, 0.25) is 5.15 Å². The lowest BCUT2D eigenvalue weighted by Crippen LogP contribution is -2.38. The molecule has 0 saturated carbocycles. The molecule has 0 radical (unpaired) electrons. The Kier molecular flexibility index (Phi) is 5.94. The first-order valence-electron chi connectivity index (χ1n) is 9.97. The quantitative estimate of drug-likeness (QED) is 0.737. The highest BCUT2D eigenvalue weighted by molar-refractivity contribution is 6.29. The van der Waals surface area contributed by atoms with Crippen molar-refractivity contribution in [3.63, 3.8) is 0 Å². The van der Waals surface area contributed by atoms with E-state index in [1.54, 1.807) is 18.2 Å². The number of nitrogens with zero attached hydrogens (tertiary/aromatic N) is 4. The maximum atomic E-state index is 12.6. The van der Waals surface area contributed by atoms with E-state index in [0.29, 0.717) is 10.8 Å². The van der Waals surface area contributed by atoms with Gasteiger partial charge in [-0.15, -0.1) is 10.2 Å². The molecule has 2 aliphatic heterocycles. The molecule has 3 amide bonds. The van der Waals surface area contributed by atoms with Gasteiger partial charge in [0.25, 0.3) is 0 Å². The number of rotatable bonds is 5. The van der Waals surface area contributed by atoms with Crippen LogP contribution in [-0.4, -0.2) is 45.9 Å². The molecular weight excluding hydrogens is 406 g/mol. The summed E-state index contributed by atoms with van der Waals surface area (Å²) in [5.41, 5.74) is 1.56. The number of nitrogens with one attached hydrogen (secondary N) is 1. The van der Waals surface area contributed by atoms with Gasteiger partial charge in [-0.05, 0) is 42.7 Å².